The van der Waals surface area contributed by atoms with Gasteiger partial charge in [0.1, 0.15) is 5.82 Å². The third-order valence-corrected chi connectivity index (χ3v) is 4.38. The first-order valence-electron chi connectivity index (χ1n) is 7.56. The summed E-state index contributed by atoms with van der Waals surface area (Å²) in [6.07, 6.45) is 4.42. The first-order chi connectivity index (χ1) is 11.7. The van der Waals surface area contributed by atoms with Crippen LogP contribution in [0.5, 0.6) is 0 Å². The molecule has 6 heteroatoms. The predicted octanol–water partition coefficient (Wildman–Crippen LogP) is 3.25. The van der Waals surface area contributed by atoms with Crippen molar-refractivity contribution in [1.29, 1.82) is 0 Å². The van der Waals surface area contributed by atoms with Crippen LogP contribution in [-0.2, 0) is 17.6 Å². The number of halogens is 1. The van der Waals surface area contributed by atoms with Gasteiger partial charge in [-0.05, 0) is 29.8 Å². The molecular weight excluding hydrogens is 325 g/mol. The maximum Gasteiger partial charge on any atom is 0.224 e. The number of benzene rings is 1. The zero-order valence-corrected chi connectivity index (χ0v) is 13.7. The van der Waals surface area contributed by atoms with E-state index in [1.54, 1.807) is 35.9 Å². The lowest BCUT2D eigenvalue weighted by Crippen LogP contribution is -2.27. The summed E-state index contributed by atoms with van der Waals surface area (Å²) in [4.78, 5) is 20.4. The summed E-state index contributed by atoms with van der Waals surface area (Å²) in [5.74, 6) is -0.375. The zero-order valence-electron chi connectivity index (χ0n) is 12.9. The van der Waals surface area contributed by atoms with Crippen LogP contribution in [0.15, 0.2) is 54.2 Å². The van der Waals surface area contributed by atoms with Gasteiger partial charge in [0.2, 0.25) is 5.91 Å². The van der Waals surface area contributed by atoms with E-state index in [0.717, 1.165) is 21.8 Å². The monoisotopic (exact) mass is 341 g/mol. The number of amides is 1. The van der Waals surface area contributed by atoms with Gasteiger partial charge in [0.05, 0.1) is 17.1 Å². The lowest BCUT2D eigenvalue weighted by atomic mass is 10.1. The van der Waals surface area contributed by atoms with Gasteiger partial charge in [-0.2, -0.15) is 0 Å². The molecule has 3 aromatic rings. The topological polar surface area (TPSA) is 54.9 Å². The Morgan fingerprint density at radius 2 is 1.88 bits per heavy atom. The molecule has 0 saturated carbocycles. The molecule has 0 radical (unpaired) electrons. The van der Waals surface area contributed by atoms with Crippen molar-refractivity contribution in [3.63, 3.8) is 0 Å². The second-order valence-corrected chi connectivity index (χ2v) is 6.21. The largest absolute Gasteiger partial charge is 0.355 e. The van der Waals surface area contributed by atoms with Crippen LogP contribution in [0.3, 0.4) is 0 Å². The number of pyridine rings is 1. The zero-order chi connectivity index (χ0) is 16.8. The number of carbonyl (C=O) groups excluding carboxylic acids is 1. The van der Waals surface area contributed by atoms with Crippen molar-refractivity contribution in [2.45, 2.75) is 12.8 Å². The summed E-state index contributed by atoms with van der Waals surface area (Å²) < 4.78 is 12.8. The normalized spacial score (nSPS) is 10.5. The third-order valence-electron chi connectivity index (χ3n) is 3.47. The lowest BCUT2D eigenvalue weighted by molar-refractivity contribution is -0.120. The Bertz CT molecular complexity index is 803. The minimum absolute atomic E-state index is 0.0764. The maximum atomic E-state index is 12.8. The first kappa shape index (κ1) is 16.3. The molecule has 0 saturated heterocycles. The molecule has 0 spiro atoms. The van der Waals surface area contributed by atoms with E-state index in [1.165, 1.54) is 12.1 Å². The summed E-state index contributed by atoms with van der Waals surface area (Å²) in [6.45, 7) is 0.531. The Kier molecular flexibility index (Phi) is 5.28. The summed E-state index contributed by atoms with van der Waals surface area (Å²) >= 11 is 1.58. The predicted molar refractivity (Wildman–Crippen MR) is 92.2 cm³/mol. The van der Waals surface area contributed by atoms with E-state index in [-0.39, 0.29) is 18.1 Å². The number of nitrogens with zero attached hydrogens (tertiary/aromatic N) is 2. The number of carbonyl (C=O) groups is 1. The number of rotatable bonds is 6. The van der Waals surface area contributed by atoms with Crippen molar-refractivity contribution < 1.29 is 9.18 Å². The number of hydrogen-bond acceptors (Lipinski definition) is 4. The lowest BCUT2D eigenvalue weighted by Gasteiger charge is -2.04. The molecule has 122 valence electrons. The van der Waals surface area contributed by atoms with E-state index < -0.39 is 0 Å². The minimum atomic E-state index is -0.298. The molecule has 0 bridgehead atoms. The van der Waals surface area contributed by atoms with Gasteiger partial charge in [0.15, 0.2) is 0 Å². The second-order valence-electron chi connectivity index (χ2n) is 5.27. The molecule has 2 heterocycles. The van der Waals surface area contributed by atoms with Gasteiger partial charge in [-0.3, -0.25) is 9.78 Å². The van der Waals surface area contributed by atoms with Crippen molar-refractivity contribution >= 4 is 17.2 Å². The SMILES string of the molecule is O=C(Cc1ccc(F)cc1)NCCc1nc(-c2ccncc2)cs1. The van der Waals surface area contributed by atoms with Crippen molar-refractivity contribution in [2.24, 2.45) is 0 Å². The quantitative estimate of drug-likeness (QED) is 0.749. The Morgan fingerprint density at radius 3 is 2.62 bits per heavy atom. The summed E-state index contributed by atoms with van der Waals surface area (Å²) in [6, 6.07) is 9.80. The average Bonchev–Trinajstić information content (AvgIpc) is 3.07. The van der Waals surface area contributed by atoms with E-state index >= 15 is 0 Å². The number of aromatic nitrogens is 2. The van der Waals surface area contributed by atoms with Crippen LogP contribution in [0, 0.1) is 5.82 Å². The minimum Gasteiger partial charge on any atom is -0.355 e. The van der Waals surface area contributed by atoms with E-state index in [4.69, 9.17) is 0 Å². The molecular formula is C18H16FN3OS. The molecule has 4 nitrogen and oxygen atoms in total. The van der Waals surface area contributed by atoms with Gasteiger partial charge in [-0.15, -0.1) is 11.3 Å². The Labute approximate surface area is 143 Å². The van der Waals surface area contributed by atoms with Gasteiger partial charge in [-0.25, -0.2) is 9.37 Å². The van der Waals surface area contributed by atoms with Gasteiger partial charge in [0.25, 0.3) is 0 Å². The van der Waals surface area contributed by atoms with Crippen molar-refractivity contribution in [3.05, 3.63) is 70.6 Å². The molecule has 0 fully saturated rings. The van der Waals surface area contributed by atoms with Crippen LogP contribution in [0.4, 0.5) is 4.39 Å². The molecule has 1 N–H and O–H groups in total. The fourth-order valence-corrected chi connectivity index (χ4v) is 3.05. The Hall–Kier alpha value is -2.60. The fraction of sp³-hybridized carbons (Fsp3) is 0.167. The first-order valence-corrected chi connectivity index (χ1v) is 8.44. The molecule has 0 unspecified atom stereocenters. The molecule has 0 aliphatic heterocycles. The number of hydrogen-bond donors (Lipinski definition) is 1. The molecule has 1 amide bonds. The standard InChI is InChI=1S/C18H16FN3OS/c19-15-3-1-13(2-4-15)11-17(23)21-10-7-18-22-16(12-24-18)14-5-8-20-9-6-14/h1-6,8-9,12H,7,10-11H2,(H,21,23). The van der Waals surface area contributed by atoms with Crippen LogP contribution in [-0.4, -0.2) is 22.4 Å². The molecule has 24 heavy (non-hydrogen) atoms. The highest BCUT2D eigenvalue weighted by atomic mass is 32.1. The molecule has 0 aliphatic carbocycles. The summed E-state index contributed by atoms with van der Waals surface area (Å²) in [5.41, 5.74) is 2.76. The highest BCUT2D eigenvalue weighted by molar-refractivity contribution is 7.09. The highest BCUT2D eigenvalue weighted by Crippen LogP contribution is 2.21. The van der Waals surface area contributed by atoms with Crippen LogP contribution < -0.4 is 5.32 Å². The molecule has 0 atom stereocenters. The van der Waals surface area contributed by atoms with Crippen molar-refractivity contribution in [3.8, 4) is 11.3 Å². The Morgan fingerprint density at radius 1 is 1.12 bits per heavy atom. The summed E-state index contributed by atoms with van der Waals surface area (Å²) in [7, 11) is 0. The van der Waals surface area contributed by atoms with Crippen molar-refractivity contribution in [2.75, 3.05) is 6.54 Å². The van der Waals surface area contributed by atoms with E-state index in [9.17, 15) is 9.18 Å². The average molecular weight is 341 g/mol. The van der Waals surface area contributed by atoms with Gasteiger partial charge >= 0.3 is 0 Å². The van der Waals surface area contributed by atoms with E-state index in [1.807, 2.05) is 17.5 Å². The Balaban J connectivity index is 1.47. The van der Waals surface area contributed by atoms with Gasteiger partial charge in [-0.1, -0.05) is 12.1 Å². The van der Waals surface area contributed by atoms with Gasteiger partial charge in [0, 0.05) is 36.3 Å². The number of thiazole rings is 1. The van der Waals surface area contributed by atoms with E-state index in [2.05, 4.69) is 15.3 Å². The third kappa shape index (κ3) is 4.45. The molecule has 3 rings (SSSR count). The van der Waals surface area contributed by atoms with Crippen LogP contribution in [0.25, 0.3) is 11.3 Å². The molecule has 0 aliphatic rings. The van der Waals surface area contributed by atoms with Gasteiger partial charge < -0.3 is 5.32 Å². The fourth-order valence-electron chi connectivity index (χ4n) is 2.24. The number of nitrogens with one attached hydrogen (secondary N) is 1. The smallest absolute Gasteiger partial charge is 0.224 e. The van der Waals surface area contributed by atoms with E-state index in [0.29, 0.717) is 13.0 Å². The highest BCUT2D eigenvalue weighted by Gasteiger charge is 2.06. The molecule has 1 aromatic carbocycles. The maximum absolute atomic E-state index is 12.8. The van der Waals surface area contributed by atoms with Crippen LogP contribution in [0.1, 0.15) is 10.6 Å². The van der Waals surface area contributed by atoms with Crippen LogP contribution >= 0.6 is 11.3 Å². The van der Waals surface area contributed by atoms with Crippen LogP contribution in [0.2, 0.25) is 0 Å². The summed E-state index contributed by atoms with van der Waals surface area (Å²) in [5, 5.41) is 5.85. The van der Waals surface area contributed by atoms with Crippen molar-refractivity contribution in [1.82, 2.24) is 15.3 Å². The second kappa shape index (κ2) is 7.79. The molecule has 2 aromatic heterocycles.